The van der Waals surface area contributed by atoms with Crippen molar-refractivity contribution < 1.29 is 10.0 Å². The van der Waals surface area contributed by atoms with E-state index in [0.29, 0.717) is 6.42 Å². The van der Waals surface area contributed by atoms with Gasteiger partial charge in [0.25, 0.3) is 5.69 Å². The van der Waals surface area contributed by atoms with Crippen molar-refractivity contribution in [3.8, 4) is 0 Å². The molecular formula is C8H10ClNO3. The van der Waals surface area contributed by atoms with E-state index in [-0.39, 0.29) is 24.7 Å². The van der Waals surface area contributed by atoms with Gasteiger partial charge in [-0.05, 0) is 12.0 Å². The van der Waals surface area contributed by atoms with Crippen molar-refractivity contribution in [2.75, 3.05) is 6.61 Å². The van der Waals surface area contributed by atoms with Gasteiger partial charge in [-0.15, -0.1) is 12.4 Å². The third kappa shape index (κ3) is 3.40. The molecule has 0 unspecified atom stereocenters. The van der Waals surface area contributed by atoms with E-state index in [2.05, 4.69) is 0 Å². The summed E-state index contributed by atoms with van der Waals surface area (Å²) in [5.41, 5.74) is 0.986. The normalized spacial score (nSPS) is 9.00. The molecule has 1 aromatic rings. The monoisotopic (exact) mass is 203 g/mol. The van der Waals surface area contributed by atoms with Gasteiger partial charge in [-0.3, -0.25) is 10.1 Å². The summed E-state index contributed by atoms with van der Waals surface area (Å²) in [4.78, 5) is 9.78. The van der Waals surface area contributed by atoms with Crippen LogP contribution in [0.25, 0.3) is 0 Å². The quantitative estimate of drug-likeness (QED) is 0.599. The zero-order valence-electron chi connectivity index (χ0n) is 6.84. The maximum absolute atomic E-state index is 10.2. The second-order valence-electron chi connectivity index (χ2n) is 2.40. The number of benzene rings is 1. The predicted octanol–water partition coefficient (Wildman–Crippen LogP) is 1.55. The molecule has 0 aliphatic heterocycles. The second-order valence-corrected chi connectivity index (χ2v) is 2.40. The number of nitro groups is 1. The third-order valence-corrected chi connectivity index (χ3v) is 1.55. The van der Waals surface area contributed by atoms with Crippen LogP contribution in [-0.2, 0) is 6.42 Å². The Kier molecular flexibility index (Phi) is 5.03. The molecular weight excluding hydrogens is 194 g/mol. The molecule has 0 aliphatic rings. The Hall–Kier alpha value is -1.13. The van der Waals surface area contributed by atoms with Gasteiger partial charge in [0, 0.05) is 18.7 Å². The maximum atomic E-state index is 10.2. The van der Waals surface area contributed by atoms with Crippen molar-refractivity contribution in [3.63, 3.8) is 0 Å². The fourth-order valence-corrected chi connectivity index (χ4v) is 0.913. The van der Waals surface area contributed by atoms with Gasteiger partial charge in [-0.25, -0.2) is 0 Å². The van der Waals surface area contributed by atoms with Crippen LogP contribution < -0.4 is 0 Å². The summed E-state index contributed by atoms with van der Waals surface area (Å²) >= 11 is 0. The first-order chi connectivity index (χ1) is 5.74. The molecule has 4 nitrogen and oxygen atoms in total. The summed E-state index contributed by atoms with van der Waals surface area (Å²) in [7, 11) is 0. The zero-order valence-corrected chi connectivity index (χ0v) is 7.66. The molecule has 0 amide bonds. The molecule has 0 aliphatic carbocycles. The molecule has 0 spiro atoms. The van der Waals surface area contributed by atoms with Crippen LogP contribution in [0.5, 0.6) is 0 Å². The van der Waals surface area contributed by atoms with E-state index in [0.717, 1.165) is 5.56 Å². The number of rotatable bonds is 3. The zero-order chi connectivity index (χ0) is 8.97. The van der Waals surface area contributed by atoms with E-state index in [9.17, 15) is 10.1 Å². The first-order valence-electron chi connectivity index (χ1n) is 3.58. The lowest BCUT2D eigenvalue weighted by atomic mass is 10.1. The fourth-order valence-electron chi connectivity index (χ4n) is 0.913. The van der Waals surface area contributed by atoms with Crippen LogP contribution in [0.4, 0.5) is 5.69 Å². The van der Waals surface area contributed by atoms with E-state index in [1.165, 1.54) is 12.1 Å². The van der Waals surface area contributed by atoms with Gasteiger partial charge < -0.3 is 5.11 Å². The predicted molar refractivity (Wildman–Crippen MR) is 51.1 cm³/mol. The van der Waals surface area contributed by atoms with E-state index in [1.54, 1.807) is 12.1 Å². The fraction of sp³-hybridized carbons (Fsp3) is 0.250. The maximum Gasteiger partial charge on any atom is 0.269 e. The van der Waals surface area contributed by atoms with Crippen LogP contribution in [0, 0.1) is 10.1 Å². The van der Waals surface area contributed by atoms with E-state index in [1.807, 2.05) is 0 Å². The van der Waals surface area contributed by atoms with Crippen LogP contribution in [-0.4, -0.2) is 16.6 Å². The van der Waals surface area contributed by atoms with Crippen molar-refractivity contribution in [2.24, 2.45) is 0 Å². The molecule has 72 valence electrons. The highest BCUT2D eigenvalue weighted by atomic mass is 35.5. The van der Waals surface area contributed by atoms with Gasteiger partial charge >= 0.3 is 0 Å². The Bertz CT molecular complexity index is 273. The lowest BCUT2D eigenvalue weighted by Crippen LogP contribution is -1.91. The Labute approximate surface area is 81.8 Å². The Morgan fingerprint density at radius 3 is 2.23 bits per heavy atom. The Balaban J connectivity index is 0.00000144. The van der Waals surface area contributed by atoms with Gasteiger partial charge in [-0.2, -0.15) is 0 Å². The van der Waals surface area contributed by atoms with Crippen LogP contribution in [0.1, 0.15) is 5.56 Å². The van der Waals surface area contributed by atoms with Gasteiger partial charge in [0.05, 0.1) is 4.92 Å². The summed E-state index contributed by atoms with van der Waals surface area (Å²) in [6.07, 6.45) is 0.540. The summed E-state index contributed by atoms with van der Waals surface area (Å²) in [5, 5.41) is 18.8. The summed E-state index contributed by atoms with van der Waals surface area (Å²) in [6, 6.07) is 6.17. The molecule has 0 fully saturated rings. The minimum absolute atomic E-state index is 0. The average molecular weight is 204 g/mol. The average Bonchev–Trinajstić information content (AvgIpc) is 2.06. The lowest BCUT2D eigenvalue weighted by Gasteiger charge is -1.95. The number of nitrogens with zero attached hydrogens (tertiary/aromatic N) is 1. The van der Waals surface area contributed by atoms with Crippen LogP contribution in [0.3, 0.4) is 0 Å². The Morgan fingerprint density at radius 2 is 1.85 bits per heavy atom. The molecule has 0 saturated carbocycles. The second kappa shape index (κ2) is 5.50. The number of halogens is 1. The molecule has 0 aromatic heterocycles. The smallest absolute Gasteiger partial charge is 0.269 e. The number of aliphatic hydroxyl groups is 1. The molecule has 0 heterocycles. The van der Waals surface area contributed by atoms with Crippen molar-refractivity contribution in [1.82, 2.24) is 0 Å². The molecule has 0 bridgehead atoms. The van der Waals surface area contributed by atoms with E-state index in [4.69, 9.17) is 5.11 Å². The summed E-state index contributed by atoms with van der Waals surface area (Å²) in [6.45, 7) is 0.0673. The molecule has 0 atom stereocenters. The van der Waals surface area contributed by atoms with Crippen LogP contribution in [0.15, 0.2) is 24.3 Å². The van der Waals surface area contributed by atoms with Gasteiger partial charge in [0.2, 0.25) is 0 Å². The van der Waals surface area contributed by atoms with E-state index >= 15 is 0 Å². The first kappa shape index (κ1) is 11.9. The molecule has 5 heteroatoms. The molecule has 1 rings (SSSR count). The van der Waals surface area contributed by atoms with Crippen molar-refractivity contribution >= 4 is 18.1 Å². The van der Waals surface area contributed by atoms with Gasteiger partial charge in [0.15, 0.2) is 0 Å². The van der Waals surface area contributed by atoms with Crippen molar-refractivity contribution in [3.05, 3.63) is 39.9 Å². The molecule has 13 heavy (non-hydrogen) atoms. The minimum atomic E-state index is -0.442. The van der Waals surface area contributed by atoms with E-state index < -0.39 is 4.92 Å². The summed E-state index contributed by atoms with van der Waals surface area (Å²) in [5.74, 6) is 0. The first-order valence-corrected chi connectivity index (χ1v) is 3.58. The molecule has 0 saturated heterocycles. The molecule has 1 N–H and O–H groups in total. The largest absolute Gasteiger partial charge is 0.396 e. The molecule has 1 aromatic carbocycles. The number of nitro benzene ring substituents is 1. The van der Waals surface area contributed by atoms with Gasteiger partial charge in [-0.1, -0.05) is 12.1 Å². The minimum Gasteiger partial charge on any atom is -0.396 e. The Morgan fingerprint density at radius 1 is 1.31 bits per heavy atom. The van der Waals surface area contributed by atoms with Gasteiger partial charge in [0.1, 0.15) is 0 Å². The topological polar surface area (TPSA) is 63.4 Å². The number of hydrogen-bond donors (Lipinski definition) is 1. The number of hydrogen-bond acceptors (Lipinski definition) is 3. The number of aliphatic hydroxyl groups excluding tert-OH is 1. The third-order valence-electron chi connectivity index (χ3n) is 1.55. The highest BCUT2D eigenvalue weighted by Crippen LogP contribution is 2.11. The summed E-state index contributed by atoms with van der Waals surface area (Å²) < 4.78 is 0. The highest BCUT2D eigenvalue weighted by Gasteiger charge is 2.02. The number of non-ortho nitro benzene ring substituents is 1. The van der Waals surface area contributed by atoms with Crippen molar-refractivity contribution in [2.45, 2.75) is 6.42 Å². The van der Waals surface area contributed by atoms with Crippen molar-refractivity contribution in [1.29, 1.82) is 0 Å². The molecule has 0 radical (unpaired) electrons. The van der Waals surface area contributed by atoms with Crippen LogP contribution in [0.2, 0.25) is 0 Å². The highest BCUT2D eigenvalue weighted by molar-refractivity contribution is 5.85. The SMILES string of the molecule is Cl.O=[N+]([O-])c1ccc(CCO)cc1. The van der Waals surface area contributed by atoms with Crippen LogP contribution >= 0.6 is 12.4 Å². The standard InChI is InChI=1S/C8H9NO3.ClH/c10-6-5-7-1-3-8(4-2-7)9(11)12;/h1-4,10H,5-6H2;1H. The lowest BCUT2D eigenvalue weighted by molar-refractivity contribution is -0.384.